The van der Waals surface area contributed by atoms with E-state index in [1.807, 2.05) is 24.3 Å². The topological polar surface area (TPSA) is 103 Å². The highest BCUT2D eigenvalue weighted by atomic mass is 35.5. The Morgan fingerprint density at radius 2 is 1.97 bits per heavy atom. The van der Waals surface area contributed by atoms with Gasteiger partial charge in [0.15, 0.2) is 0 Å². The number of para-hydroxylation sites is 1. The smallest absolute Gasteiger partial charge is 0.323 e. The second-order valence-electron chi connectivity index (χ2n) is 7.45. The fraction of sp³-hybridized carbons (Fsp3) is 0.429. The molecule has 0 amide bonds. The van der Waals surface area contributed by atoms with Crippen molar-refractivity contribution in [3.8, 4) is 11.6 Å². The van der Waals surface area contributed by atoms with Crippen LogP contribution in [-0.4, -0.2) is 63.9 Å². The summed E-state index contributed by atoms with van der Waals surface area (Å²) in [7, 11) is 0. The fourth-order valence-electron chi connectivity index (χ4n) is 3.66. The van der Waals surface area contributed by atoms with Crippen molar-refractivity contribution in [1.29, 1.82) is 0 Å². The quantitative estimate of drug-likeness (QED) is 0.502. The molecule has 8 nitrogen and oxygen atoms in total. The largest absolute Gasteiger partial charge is 0.489 e. The number of β-amino-alcohol motifs (C(OH)–C–C–N with tert-alkyl or cyclic N) is 1. The number of aliphatic hydroxyl groups excluding tert-OH is 1. The number of benzene rings is 1. The Morgan fingerprint density at radius 3 is 2.73 bits per heavy atom. The Balaban J connectivity index is 0.00000256. The van der Waals surface area contributed by atoms with Crippen LogP contribution < -0.4 is 15.2 Å². The van der Waals surface area contributed by atoms with Gasteiger partial charge in [-0.1, -0.05) is 12.1 Å². The van der Waals surface area contributed by atoms with Gasteiger partial charge in [-0.25, -0.2) is 9.78 Å². The van der Waals surface area contributed by atoms with E-state index in [-0.39, 0.29) is 24.7 Å². The Kier molecular flexibility index (Phi) is 7.73. The number of piperidine rings is 1. The number of likely N-dealkylation sites (tertiary alicyclic amines) is 1. The highest BCUT2D eigenvalue weighted by Gasteiger charge is 2.22. The lowest BCUT2D eigenvalue weighted by molar-refractivity contribution is 0.0504. The summed E-state index contributed by atoms with van der Waals surface area (Å²) in [6, 6.07) is 11.1. The van der Waals surface area contributed by atoms with Gasteiger partial charge in [0, 0.05) is 18.8 Å². The molecular weight excluding hydrogens is 408 g/mol. The first-order chi connectivity index (χ1) is 14.2. The molecule has 9 heteroatoms. The predicted molar refractivity (Wildman–Crippen MR) is 117 cm³/mol. The molecule has 1 aromatic carbocycles. The Bertz CT molecular complexity index is 970. The van der Waals surface area contributed by atoms with E-state index >= 15 is 0 Å². The second kappa shape index (κ2) is 10.5. The zero-order valence-electron chi connectivity index (χ0n) is 16.6. The summed E-state index contributed by atoms with van der Waals surface area (Å²) in [5, 5.41) is 10.4. The molecule has 162 valence electrons. The lowest BCUT2D eigenvalue weighted by atomic mass is 9.97. The zero-order valence-corrected chi connectivity index (χ0v) is 17.4. The maximum Gasteiger partial charge on any atom is 0.323 e. The third-order valence-electron chi connectivity index (χ3n) is 5.22. The van der Waals surface area contributed by atoms with Crippen LogP contribution in [0.4, 0.5) is 0 Å². The molecule has 1 fully saturated rings. The van der Waals surface area contributed by atoms with Crippen LogP contribution in [-0.2, 0) is 0 Å². The average Bonchev–Trinajstić information content (AvgIpc) is 3.13. The maximum atomic E-state index is 11.5. The number of hydrogen-bond donors (Lipinski definition) is 3. The van der Waals surface area contributed by atoms with E-state index in [1.54, 1.807) is 18.3 Å². The van der Waals surface area contributed by atoms with Gasteiger partial charge in [-0.05, 0) is 50.0 Å². The molecule has 3 N–H and O–H groups in total. The molecule has 0 radical (unpaired) electrons. The van der Waals surface area contributed by atoms with E-state index in [1.165, 1.54) is 0 Å². The molecule has 30 heavy (non-hydrogen) atoms. The van der Waals surface area contributed by atoms with Gasteiger partial charge in [0.2, 0.25) is 5.88 Å². The van der Waals surface area contributed by atoms with E-state index < -0.39 is 6.10 Å². The standard InChI is InChI=1S/C21H26N4O4.ClH/c26-16(14-28-18-5-3-4-17-20(18)24-21(27)23-17)12-25-10-7-15(8-11-25)13-29-19-6-1-2-9-22-19;/h1-6,9,15-16,26H,7-8,10-14H2,(H2,23,24,27);1H. The van der Waals surface area contributed by atoms with Crippen molar-refractivity contribution in [2.75, 3.05) is 32.8 Å². The summed E-state index contributed by atoms with van der Waals surface area (Å²) in [6.45, 7) is 3.26. The molecule has 0 spiro atoms. The number of halogens is 1. The number of aromatic amines is 2. The summed E-state index contributed by atoms with van der Waals surface area (Å²) >= 11 is 0. The van der Waals surface area contributed by atoms with Gasteiger partial charge in [0.25, 0.3) is 0 Å². The highest BCUT2D eigenvalue weighted by molar-refractivity contribution is 5.85. The number of rotatable bonds is 8. The number of ether oxygens (including phenoxy) is 2. The van der Waals surface area contributed by atoms with Gasteiger partial charge < -0.3 is 29.4 Å². The van der Waals surface area contributed by atoms with Crippen LogP contribution in [0.15, 0.2) is 47.4 Å². The van der Waals surface area contributed by atoms with Gasteiger partial charge in [0.1, 0.15) is 24.0 Å². The number of pyridine rings is 1. The molecule has 3 aromatic rings. The van der Waals surface area contributed by atoms with Crippen molar-refractivity contribution in [2.24, 2.45) is 5.92 Å². The summed E-state index contributed by atoms with van der Waals surface area (Å²) in [6.07, 6.45) is 3.20. The third-order valence-corrected chi connectivity index (χ3v) is 5.22. The molecule has 2 aromatic heterocycles. The minimum atomic E-state index is -0.600. The van der Waals surface area contributed by atoms with Gasteiger partial charge in [-0.15, -0.1) is 12.4 Å². The fourth-order valence-corrected chi connectivity index (χ4v) is 3.66. The third kappa shape index (κ3) is 5.75. The molecule has 0 aliphatic carbocycles. The van der Waals surface area contributed by atoms with Crippen LogP contribution in [0.3, 0.4) is 0 Å². The van der Waals surface area contributed by atoms with Crippen LogP contribution in [0.25, 0.3) is 11.0 Å². The molecule has 1 aliphatic heterocycles. The number of imidazole rings is 1. The van der Waals surface area contributed by atoms with E-state index in [9.17, 15) is 9.90 Å². The average molecular weight is 435 g/mol. The Labute approximate surface area is 180 Å². The van der Waals surface area contributed by atoms with E-state index in [2.05, 4.69) is 19.9 Å². The SMILES string of the molecule is Cl.O=c1[nH]c2cccc(OCC(O)CN3CCC(COc4ccccn4)CC3)c2[nH]1. The van der Waals surface area contributed by atoms with Crippen molar-refractivity contribution >= 4 is 23.4 Å². The number of fused-ring (bicyclic) bond motifs is 1. The summed E-state index contributed by atoms with van der Waals surface area (Å²) in [5.41, 5.74) is 1.04. The molecule has 1 atom stereocenters. The molecule has 1 saturated heterocycles. The number of hydrogen-bond acceptors (Lipinski definition) is 6. The van der Waals surface area contributed by atoms with Crippen LogP contribution in [0.2, 0.25) is 0 Å². The number of aliphatic hydroxyl groups is 1. The van der Waals surface area contributed by atoms with E-state index in [0.717, 1.165) is 25.9 Å². The zero-order chi connectivity index (χ0) is 20.1. The van der Waals surface area contributed by atoms with Crippen molar-refractivity contribution in [3.63, 3.8) is 0 Å². The maximum absolute atomic E-state index is 11.5. The molecule has 1 unspecified atom stereocenters. The summed E-state index contributed by atoms with van der Waals surface area (Å²) < 4.78 is 11.5. The van der Waals surface area contributed by atoms with Crippen molar-refractivity contribution in [1.82, 2.24) is 19.9 Å². The van der Waals surface area contributed by atoms with Crippen LogP contribution in [0.1, 0.15) is 12.8 Å². The highest BCUT2D eigenvalue weighted by Crippen LogP contribution is 2.22. The normalized spacial score (nSPS) is 16.2. The van der Waals surface area contributed by atoms with Gasteiger partial charge in [-0.2, -0.15) is 0 Å². The van der Waals surface area contributed by atoms with Crippen LogP contribution in [0.5, 0.6) is 11.6 Å². The van der Waals surface area contributed by atoms with Crippen LogP contribution >= 0.6 is 12.4 Å². The van der Waals surface area contributed by atoms with Gasteiger partial charge in [0.05, 0.1) is 12.1 Å². The van der Waals surface area contributed by atoms with E-state index in [0.29, 0.717) is 41.7 Å². The van der Waals surface area contributed by atoms with Crippen molar-refractivity contribution in [3.05, 3.63) is 53.1 Å². The van der Waals surface area contributed by atoms with Crippen molar-refractivity contribution in [2.45, 2.75) is 18.9 Å². The number of nitrogens with one attached hydrogen (secondary N) is 2. The first kappa shape index (κ1) is 22.1. The first-order valence-electron chi connectivity index (χ1n) is 9.95. The summed E-state index contributed by atoms with van der Waals surface area (Å²) in [4.78, 5) is 23.3. The van der Waals surface area contributed by atoms with Crippen molar-refractivity contribution < 1.29 is 14.6 Å². The predicted octanol–water partition coefficient (Wildman–Crippen LogP) is 2.20. The number of nitrogens with zero attached hydrogens (tertiary/aromatic N) is 2. The number of aromatic nitrogens is 3. The molecule has 4 rings (SSSR count). The van der Waals surface area contributed by atoms with Gasteiger partial charge >= 0.3 is 5.69 Å². The Hall–Kier alpha value is -2.55. The molecule has 0 saturated carbocycles. The lowest BCUT2D eigenvalue weighted by Crippen LogP contribution is -2.41. The Morgan fingerprint density at radius 1 is 1.13 bits per heavy atom. The minimum absolute atomic E-state index is 0. The molecule has 0 bridgehead atoms. The van der Waals surface area contributed by atoms with Gasteiger partial charge in [-0.3, -0.25) is 0 Å². The first-order valence-corrected chi connectivity index (χ1v) is 9.95. The summed E-state index contributed by atoms with van der Waals surface area (Å²) in [5.74, 6) is 1.73. The molecular formula is C21H27ClN4O4. The monoisotopic (exact) mass is 434 g/mol. The number of H-pyrrole nitrogens is 2. The second-order valence-corrected chi connectivity index (χ2v) is 7.45. The lowest BCUT2D eigenvalue weighted by Gasteiger charge is -2.32. The molecule has 1 aliphatic rings. The molecule has 3 heterocycles. The minimum Gasteiger partial charge on any atom is -0.489 e. The van der Waals surface area contributed by atoms with Crippen LogP contribution in [0, 0.1) is 5.92 Å². The van der Waals surface area contributed by atoms with E-state index in [4.69, 9.17) is 9.47 Å².